The number of nitrogens with one attached hydrogen (secondary N) is 1. The first-order chi connectivity index (χ1) is 9.06. The zero-order valence-electron chi connectivity index (χ0n) is 11.6. The zero-order chi connectivity index (χ0) is 13.6. The van der Waals surface area contributed by atoms with Crippen LogP contribution in [0.4, 0.5) is 0 Å². The van der Waals surface area contributed by atoms with Gasteiger partial charge in [-0.1, -0.05) is 13.8 Å². The fourth-order valence-electron chi connectivity index (χ4n) is 3.05. The molecule has 1 heterocycles. The molecule has 1 saturated carbocycles. The number of fused-ring (bicyclic) bond motifs is 3. The van der Waals surface area contributed by atoms with Crippen molar-refractivity contribution in [2.24, 2.45) is 11.8 Å². The van der Waals surface area contributed by atoms with Crippen LogP contribution in [-0.4, -0.2) is 16.9 Å². The van der Waals surface area contributed by atoms with Crippen molar-refractivity contribution in [3.63, 3.8) is 0 Å². The van der Waals surface area contributed by atoms with Crippen LogP contribution in [0.15, 0.2) is 11.1 Å². The number of aromatic nitrogens is 1. The van der Waals surface area contributed by atoms with Crippen molar-refractivity contribution in [1.29, 1.82) is 0 Å². The summed E-state index contributed by atoms with van der Waals surface area (Å²) in [6.45, 7) is 6.45. The van der Waals surface area contributed by atoms with Gasteiger partial charge in [0.05, 0.1) is 16.1 Å². The van der Waals surface area contributed by atoms with Gasteiger partial charge in [0.25, 0.3) is 0 Å². The van der Waals surface area contributed by atoms with Crippen LogP contribution in [0.25, 0.3) is 6.08 Å². The van der Waals surface area contributed by atoms with Crippen molar-refractivity contribution in [1.82, 2.24) is 10.3 Å². The summed E-state index contributed by atoms with van der Waals surface area (Å²) in [7, 11) is 0. The Kier molecular flexibility index (Phi) is 3.21. The van der Waals surface area contributed by atoms with Crippen molar-refractivity contribution in [2.75, 3.05) is 0 Å². The summed E-state index contributed by atoms with van der Waals surface area (Å²) in [5.41, 5.74) is 4.07. The van der Waals surface area contributed by atoms with Gasteiger partial charge in [0.15, 0.2) is 0 Å². The lowest BCUT2D eigenvalue weighted by molar-refractivity contribution is -0.118. The van der Waals surface area contributed by atoms with Gasteiger partial charge in [-0.15, -0.1) is 11.3 Å². The molecule has 19 heavy (non-hydrogen) atoms. The Morgan fingerprint density at radius 2 is 2.26 bits per heavy atom. The molecule has 1 aromatic heterocycles. The minimum atomic E-state index is 0.125. The lowest BCUT2D eigenvalue weighted by Crippen LogP contribution is -2.35. The summed E-state index contributed by atoms with van der Waals surface area (Å²) in [6, 6.07) is 0.244. The van der Waals surface area contributed by atoms with Gasteiger partial charge in [-0.3, -0.25) is 4.79 Å². The quantitative estimate of drug-likeness (QED) is 0.917. The van der Waals surface area contributed by atoms with Gasteiger partial charge < -0.3 is 5.32 Å². The Bertz CT molecular complexity index is 532. The first-order valence-corrected chi connectivity index (χ1v) is 7.90. The summed E-state index contributed by atoms with van der Waals surface area (Å²) in [4.78, 5) is 18.0. The summed E-state index contributed by atoms with van der Waals surface area (Å²) >= 11 is 1.64. The van der Waals surface area contributed by atoms with Gasteiger partial charge in [0, 0.05) is 17.5 Å². The minimum Gasteiger partial charge on any atom is -0.350 e. The second kappa shape index (κ2) is 4.75. The molecule has 0 bridgehead atoms. The molecule has 0 spiro atoms. The van der Waals surface area contributed by atoms with Crippen LogP contribution >= 0.6 is 11.3 Å². The first-order valence-electron chi connectivity index (χ1n) is 7.02. The van der Waals surface area contributed by atoms with Crippen molar-refractivity contribution in [3.8, 4) is 0 Å². The van der Waals surface area contributed by atoms with E-state index in [0.717, 1.165) is 18.4 Å². The number of carbonyl (C=O) groups excluding carboxylic acids is 1. The third kappa shape index (κ3) is 2.46. The van der Waals surface area contributed by atoms with Crippen LogP contribution in [0, 0.1) is 11.8 Å². The van der Waals surface area contributed by atoms with Crippen molar-refractivity contribution >= 4 is 23.3 Å². The highest BCUT2D eigenvalue weighted by Crippen LogP contribution is 2.56. The number of thiazole rings is 1. The van der Waals surface area contributed by atoms with E-state index < -0.39 is 0 Å². The van der Waals surface area contributed by atoms with Gasteiger partial charge in [-0.25, -0.2) is 4.98 Å². The number of nitrogens with zero attached hydrogens (tertiary/aromatic N) is 1. The molecule has 4 heteroatoms. The lowest BCUT2D eigenvalue weighted by atomic mass is 9.99. The Morgan fingerprint density at radius 3 is 3.00 bits per heavy atom. The average Bonchev–Trinajstić information content (AvgIpc) is 2.97. The topological polar surface area (TPSA) is 42.0 Å². The van der Waals surface area contributed by atoms with E-state index >= 15 is 0 Å². The SMILES string of the molecule is CC(C)CC(C)NC(=O)C1=Cc2scnc2C2CC12. The molecule has 0 radical (unpaired) electrons. The molecule has 0 aliphatic heterocycles. The molecule has 1 amide bonds. The van der Waals surface area contributed by atoms with E-state index in [1.807, 2.05) is 5.51 Å². The van der Waals surface area contributed by atoms with Crippen LogP contribution < -0.4 is 5.32 Å². The molecule has 0 aromatic carbocycles. The highest BCUT2D eigenvalue weighted by Gasteiger charge is 2.48. The van der Waals surface area contributed by atoms with E-state index in [4.69, 9.17) is 0 Å². The Labute approximate surface area is 118 Å². The number of hydrogen-bond donors (Lipinski definition) is 1. The van der Waals surface area contributed by atoms with E-state index in [9.17, 15) is 4.79 Å². The van der Waals surface area contributed by atoms with Crippen LogP contribution in [-0.2, 0) is 4.79 Å². The lowest BCUT2D eigenvalue weighted by Gasteiger charge is -2.18. The summed E-state index contributed by atoms with van der Waals surface area (Å²) < 4.78 is 0. The fourth-order valence-corrected chi connectivity index (χ4v) is 3.85. The Balaban J connectivity index is 1.72. The summed E-state index contributed by atoms with van der Waals surface area (Å²) in [5.74, 6) is 1.66. The highest BCUT2D eigenvalue weighted by atomic mass is 32.1. The third-order valence-corrected chi connectivity index (χ3v) is 4.71. The number of hydrogen-bond acceptors (Lipinski definition) is 3. The second-order valence-electron chi connectivity index (χ2n) is 6.15. The summed E-state index contributed by atoms with van der Waals surface area (Å²) in [5, 5.41) is 3.14. The van der Waals surface area contributed by atoms with E-state index in [0.29, 0.717) is 17.8 Å². The molecule has 102 valence electrons. The molecule has 3 unspecified atom stereocenters. The predicted octanol–water partition coefficient (Wildman–Crippen LogP) is 3.19. The molecule has 0 saturated heterocycles. The number of carbonyl (C=O) groups is 1. The zero-order valence-corrected chi connectivity index (χ0v) is 12.5. The van der Waals surface area contributed by atoms with Gasteiger partial charge in [-0.2, -0.15) is 0 Å². The van der Waals surface area contributed by atoms with Gasteiger partial charge >= 0.3 is 0 Å². The van der Waals surface area contributed by atoms with Crippen LogP contribution in [0.2, 0.25) is 0 Å². The van der Waals surface area contributed by atoms with E-state index in [-0.39, 0.29) is 11.9 Å². The normalized spacial score (nSPS) is 25.4. The number of rotatable bonds is 4. The molecule has 1 fully saturated rings. The monoisotopic (exact) mass is 276 g/mol. The van der Waals surface area contributed by atoms with Crippen molar-refractivity contribution in [3.05, 3.63) is 21.7 Å². The predicted molar refractivity (Wildman–Crippen MR) is 78.0 cm³/mol. The molecular weight excluding hydrogens is 256 g/mol. The van der Waals surface area contributed by atoms with Gasteiger partial charge in [-0.05, 0) is 37.7 Å². The Hall–Kier alpha value is -1.16. The molecule has 1 aromatic rings. The maximum atomic E-state index is 12.4. The maximum Gasteiger partial charge on any atom is 0.247 e. The maximum absolute atomic E-state index is 12.4. The van der Waals surface area contributed by atoms with E-state index in [2.05, 4.69) is 37.1 Å². The van der Waals surface area contributed by atoms with Crippen LogP contribution in [0.1, 0.15) is 50.1 Å². The molecule has 3 nitrogen and oxygen atoms in total. The second-order valence-corrected chi connectivity index (χ2v) is 7.04. The number of amides is 1. The standard InChI is InChI=1S/C15H20N2OS/c1-8(2)4-9(3)17-15(18)12-6-13-14(16-7-19-13)11-5-10(11)12/h6-11H,4-5H2,1-3H3,(H,17,18). The highest BCUT2D eigenvalue weighted by molar-refractivity contribution is 7.10. The van der Waals surface area contributed by atoms with Gasteiger partial charge in [0.2, 0.25) is 5.91 Å². The van der Waals surface area contributed by atoms with Gasteiger partial charge in [0.1, 0.15) is 0 Å². The molecule has 1 N–H and O–H groups in total. The van der Waals surface area contributed by atoms with Crippen LogP contribution in [0.3, 0.4) is 0 Å². The smallest absolute Gasteiger partial charge is 0.247 e. The Morgan fingerprint density at radius 1 is 1.47 bits per heavy atom. The summed E-state index contributed by atoms with van der Waals surface area (Å²) in [6.07, 6.45) is 4.17. The van der Waals surface area contributed by atoms with Crippen molar-refractivity contribution in [2.45, 2.75) is 45.6 Å². The third-order valence-electron chi connectivity index (χ3n) is 3.92. The first kappa shape index (κ1) is 12.9. The minimum absolute atomic E-state index is 0.125. The van der Waals surface area contributed by atoms with E-state index in [1.54, 1.807) is 11.3 Å². The van der Waals surface area contributed by atoms with Crippen molar-refractivity contribution < 1.29 is 4.79 Å². The fraction of sp³-hybridized carbons (Fsp3) is 0.600. The largest absolute Gasteiger partial charge is 0.350 e. The molecule has 2 aliphatic carbocycles. The molecule has 3 atom stereocenters. The average molecular weight is 276 g/mol. The molecular formula is C15H20N2OS. The van der Waals surface area contributed by atoms with E-state index in [1.165, 1.54) is 10.6 Å². The van der Waals surface area contributed by atoms with Crippen LogP contribution in [0.5, 0.6) is 0 Å². The molecule has 3 rings (SSSR count). The molecule has 2 aliphatic rings.